The van der Waals surface area contributed by atoms with E-state index in [1.165, 1.54) is 19.3 Å². The maximum Gasteiger partial charge on any atom is 0.118 e. The van der Waals surface area contributed by atoms with Gasteiger partial charge in [0.05, 0.1) is 7.11 Å². The molecule has 104 valence electrons. The van der Waals surface area contributed by atoms with Crippen molar-refractivity contribution in [2.24, 2.45) is 11.8 Å². The highest BCUT2D eigenvalue weighted by Gasteiger charge is 2.28. The Labute approximate surface area is 118 Å². The molecule has 0 N–H and O–H groups in total. The van der Waals surface area contributed by atoms with Crippen molar-refractivity contribution in [3.05, 3.63) is 54.6 Å². The molecular weight excluding hydrogens is 232 g/mol. The third-order valence-corrected chi connectivity index (χ3v) is 3.22. The Bertz CT molecular complexity index is 374. The molecule has 0 aliphatic heterocycles. The van der Waals surface area contributed by atoms with Crippen LogP contribution in [-0.2, 0) is 0 Å². The molecule has 1 saturated carbocycles. The SMILES string of the molecule is C1=CCC(C2CC2)C=C1.CC.COc1ccccc1. The largest absolute Gasteiger partial charge is 0.497 e. The van der Waals surface area contributed by atoms with Crippen LogP contribution in [0.2, 0.25) is 0 Å². The molecule has 1 heteroatoms. The van der Waals surface area contributed by atoms with E-state index >= 15 is 0 Å². The van der Waals surface area contributed by atoms with E-state index < -0.39 is 0 Å². The molecule has 2 aliphatic rings. The summed E-state index contributed by atoms with van der Waals surface area (Å²) in [6.45, 7) is 4.00. The second kappa shape index (κ2) is 9.43. The summed E-state index contributed by atoms with van der Waals surface area (Å²) < 4.78 is 4.91. The van der Waals surface area contributed by atoms with Crippen LogP contribution in [0.1, 0.15) is 33.1 Å². The third kappa shape index (κ3) is 6.28. The zero-order valence-corrected chi connectivity index (χ0v) is 12.4. The molecule has 19 heavy (non-hydrogen) atoms. The fourth-order valence-corrected chi connectivity index (χ4v) is 2.03. The van der Waals surface area contributed by atoms with E-state index in [4.69, 9.17) is 4.74 Å². The smallest absolute Gasteiger partial charge is 0.118 e. The van der Waals surface area contributed by atoms with E-state index in [0.717, 1.165) is 17.6 Å². The van der Waals surface area contributed by atoms with Crippen molar-refractivity contribution in [1.82, 2.24) is 0 Å². The number of para-hydroxylation sites is 1. The minimum Gasteiger partial charge on any atom is -0.497 e. The quantitative estimate of drug-likeness (QED) is 0.704. The predicted octanol–water partition coefficient (Wildman–Crippen LogP) is 5.25. The number of hydrogen-bond acceptors (Lipinski definition) is 1. The maximum absolute atomic E-state index is 4.91. The van der Waals surface area contributed by atoms with E-state index in [0.29, 0.717) is 0 Å². The molecule has 1 fully saturated rings. The summed E-state index contributed by atoms with van der Waals surface area (Å²) in [7, 11) is 1.66. The molecule has 0 heterocycles. The number of allylic oxidation sites excluding steroid dienone is 4. The second-order valence-corrected chi connectivity index (χ2v) is 4.57. The van der Waals surface area contributed by atoms with Crippen LogP contribution in [0.5, 0.6) is 5.75 Å². The first-order valence-corrected chi connectivity index (χ1v) is 7.32. The number of methoxy groups -OCH3 is 1. The Kier molecular flexibility index (Phi) is 7.72. The van der Waals surface area contributed by atoms with Crippen LogP contribution >= 0.6 is 0 Å². The number of benzene rings is 1. The molecule has 1 unspecified atom stereocenters. The average Bonchev–Trinajstić information content (AvgIpc) is 3.36. The van der Waals surface area contributed by atoms with E-state index in [1.54, 1.807) is 7.11 Å². The lowest BCUT2D eigenvalue weighted by molar-refractivity contribution is 0.415. The Balaban J connectivity index is 0.000000170. The van der Waals surface area contributed by atoms with Gasteiger partial charge in [-0.2, -0.15) is 0 Å². The molecular formula is C18H26O. The standard InChI is InChI=1S/C9H12.C7H8O.C2H6/c1-2-4-8(5-3-1)9-6-7-9;1-8-7-5-3-2-4-6-7;1-2/h1-4,8-9H,5-7H2;2-6H,1H3;1-2H3. The van der Waals surface area contributed by atoms with Crippen LogP contribution in [0.25, 0.3) is 0 Å². The molecule has 0 aromatic heterocycles. The van der Waals surface area contributed by atoms with Crippen molar-refractivity contribution in [2.45, 2.75) is 33.1 Å². The fourth-order valence-electron chi connectivity index (χ4n) is 2.03. The summed E-state index contributed by atoms with van der Waals surface area (Å²) in [6, 6.07) is 9.68. The van der Waals surface area contributed by atoms with E-state index in [2.05, 4.69) is 24.3 Å². The minimum absolute atomic E-state index is 0.898. The predicted molar refractivity (Wildman–Crippen MR) is 83.5 cm³/mol. The van der Waals surface area contributed by atoms with Crippen LogP contribution in [0.3, 0.4) is 0 Å². The topological polar surface area (TPSA) is 9.23 Å². The zero-order valence-electron chi connectivity index (χ0n) is 12.4. The van der Waals surface area contributed by atoms with Gasteiger partial charge in [0.2, 0.25) is 0 Å². The Morgan fingerprint density at radius 2 is 1.68 bits per heavy atom. The highest BCUT2D eigenvalue weighted by molar-refractivity contribution is 5.20. The van der Waals surface area contributed by atoms with Crippen molar-refractivity contribution in [1.29, 1.82) is 0 Å². The van der Waals surface area contributed by atoms with Crippen molar-refractivity contribution in [2.75, 3.05) is 7.11 Å². The van der Waals surface area contributed by atoms with Crippen LogP contribution in [0, 0.1) is 11.8 Å². The van der Waals surface area contributed by atoms with Gasteiger partial charge in [-0.05, 0) is 43.2 Å². The molecule has 2 aliphatic carbocycles. The average molecular weight is 258 g/mol. The summed E-state index contributed by atoms with van der Waals surface area (Å²) in [5.74, 6) is 2.86. The number of rotatable bonds is 2. The Morgan fingerprint density at radius 1 is 1.00 bits per heavy atom. The Hall–Kier alpha value is -1.50. The molecule has 0 radical (unpaired) electrons. The second-order valence-electron chi connectivity index (χ2n) is 4.57. The van der Waals surface area contributed by atoms with Crippen LogP contribution in [0.4, 0.5) is 0 Å². The molecule has 3 rings (SSSR count). The summed E-state index contributed by atoms with van der Waals surface area (Å²) in [5, 5.41) is 0. The summed E-state index contributed by atoms with van der Waals surface area (Å²) in [5.41, 5.74) is 0. The molecule has 1 atom stereocenters. The number of hydrogen-bond donors (Lipinski definition) is 0. The lowest BCUT2D eigenvalue weighted by Gasteiger charge is -2.09. The highest BCUT2D eigenvalue weighted by atomic mass is 16.5. The van der Waals surface area contributed by atoms with Crippen molar-refractivity contribution < 1.29 is 4.74 Å². The van der Waals surface area contributed by atoms with Crippen molar-refractivity contribution in [3.63, 3.8) is 0 Å². The van der Waals surface area contributed by atoms with Crippen LogP contribution in [-0.4, -0.2) is 7.11 Å². The maximum atomic E-state index is 4.91. The monoisotopic (exact) mass is 258 g/mol. The van der Waals surface area contributed by atoms with Gasteiger partial charge in [0.15, 0.2) is 0 Å². The van der Waals surface area contributed by atoms with Gasteiger partial charge in [0, 0.05) is 0 Å². The zero-order chi connectivity index (χ0) is 13.9. The van der Waals surface area contributed by atoms with Gasteiger partial charge in [-0.1, -0.05) is 56.4 Å². The lowest BCUT2D eigenvalue weighted by Crippen LogP contribution is -1.98. The van der Waals surface area contributed by atoms with E-state index in [1.807, 2.05) is 44.2 Å². The van der Waals surface area contributed by atoms with Crippen LogP contribution < -0.4 is 4.74 Å². The van der Waals surface area contributed by atoms with Gasteiger partial charge >= 0.3 is 0 Å². The molecule has 1 nitrogen and oxygen atoms in total. The summed E-state index contributed by atoms with van der Waals surface area (Å²) in [6.07, 6.45) is 13.2. The van der Waals surface area contributed by atoms with E-state index in [9.17, 15) is 0 Å². The first kappa shape index (κ1) is 15.6. The third-order valence-electron chi connectivity index (χ3n) is 3.22. The highest BCUT2D eigenvalue weighted by Crippen LogP contribution is 2.40. The van der Waals surface area contributed by atoms with Gasteiger partial charge in [-0.15, -0.1) is 0 Å². The van der Waals surface area contributed by atoms with Crippen LogP contribution in [0.15, 0.2) is 54.6 Å². The first-order valence-electron chi connectivity index (χ1n) is 7.32. The van der Waals surface area contributed by atoms with Crippen molar-refractivity contribution in [3.8, 4) is 5.75 Å². The molecule has 0 spiro atoms. The van der Waals surface area contributed by atoms with Gasteiger partial charge in [-0.25, -0.2) is 0 Å². The van der Waals surface area contributed by atoms with E-state index in [-0.39, 0.29) is 0 Å². The van der Waals surface area contributed by atoms with Gasteiger partial charge in [0.25, 0.3) is 0 Å². The van der Waals surface area contributed by atoms with Crippen molar-refractivity contribution >= 4 is 0 Å². The minimum atomic E-state index is 0.898. The van der Waals surface area contributed by atoms with Gasteiger partial charge in [-0.3, -0.25) is 0 Å². The fraction of sp³-hybridized carbons (Fsp3) is 0.444. The number of ether oxygens (including phenoxy) is 1. The lowest BCUT2D eigenvalue weighted by atomic mass is 9.96. The first-order chi connectivity index (χ1) is 9.40. The van der Waals surface area contributed by atoms with Gasteiger partial charge < -0.3 is 4.74 Å². The summed E-state index contributed by atoms with van der Waals surface area (Å²) in [4.78, 5) is 0. The molecule has 0 saturated heterocycles. The van der Waals surface area contributed by atoms with Gasteiger partial charge in [0.1, 0.15) is 5.75 Å². The molecule has 1 aromatic rings. The molecule has 0 bridgehead atoms. The summed E-state index contributed by atoms with van der Waals surface area (Å²) >= 11 is 0. The molecule has 1 aromatic carbocycles. The Morgan fingerprint density at radius 3 is 2.11 bits per heavy atom. The normalized spacial score (nSPS) is 19.6. The molecule has 0 amide bonds.